The van der Waals surface area contributed by atoms with E-state index in [2.05, 4.69) is 5.32 Å². The van der Waals surface area contributed by atoms with Gasteiger partial charge in [-0.1, -0.05) is 0 Å². The average Bonchev–Trinajstić information content (AvgIpc) is 3.27. The monoisotopic (exact) mass is 343 g/mol. The first-order chi connectivity index (χ1) is 11.6. The third-order valence-corrected chi connectivity index (χ3v) is 5.50. The summed E-state index contributed by atoms with van der Waals surface area (Å²) in [5.41, 5.74) is 2.03. The number of hydrogen-bond donors (Lipinski definition) is 1. The van der Waals surface area contributed by atoms with E-state index in [1.807, 2.05) is 11.4 Å². The Balaban J connectivity index is 1.58. The van der Waals surface area contributed by atoms with Crippen molar-refractivity contribution in [1.82, 2.24) is 4.90 Å². The topological polar surface area (TPSA) is 75.5 Å². The Bertz CT molecular complexity index is 813. The number of anilines is 1. The molecule has 124 valence electrons. The standard InChI is InChI=1S/C17H17N3O3S/c21-17(19-7-5-16-12(10-19)6-8-24-16)11-1-4-14(18-13-2-3-13)15(9-11)20(22)23/h1,4,6,8-9,13,18H,2-3,5,7,10H2. The molecule has 4 rings (SSSR count). The number of nitro benzene ring substituents is 1. The number of thiophene rings is 1. The summed E-state index contributed by atoms with van der Waals surface area (Å²) in [5, 5.41) is 16.5. The van der Waals surface area contributed by atoms with Crippen LogP contribution in [0.5, 0.6) is 0 Å². The van der Waals surface area contributed by atoms with Crippen LogP contribution in [0.1, 0.15) is 33.6 Å². The highest BCUT2D eigenvalue weighted by atomic mass is 32.1. The molecule has 2 aromatic rings. The van der Waals surface area contributed by atoms with Gasteiger partial charge in [0.2, 0.25) is 0 Å². The van der Waals surface area contributed by atoms with E-state index >= 15 is 0 Å². The van der Waals surface area contributed by atoms with Crippen LogP contribution >= 0.6 is 11.3 Å². The van der Waals surface area contributed by atoms with Gasteiger partial charge in [-0.15, -0.1) is 11.3 Å². The summed E-state index contributed by atoms with van der Waals surface area (Å²) >= 11 is 1.72. The molecule has 1 saturated carbocycles. The van der Waals surface area contributed by atoms with Crippen LogP contribution in [0.3, 0.4) is 0 Å². The molecule has 2 aliphatic rings. The molecule has 1 aromatic heterocycles. The Kier molecular flexibility index (Phi) is 3.72. The van der Waals surface area contributed by atoms with Crippen LogP contribution in [0.2, 0.25) is 0 Å². The van der Waals surface area contributed by atoms with Crippen molar-refractivity contribution in [2.24, 2.45) is 0 Å². The zero-order valence-electron chi connectivity index (χ0n) is 13.0. The lowest BCUT2D eigenvalue weighted by molar-refractivity contribution is -0.384. The van der Waals surface area contributed by atoms with Gasteiger partial charge in [-0.25, -0.2) is 0 Å². The third kappa shape index (κ3) is 2.87. The Morgan fingerprint density at radius 3 is 2.92 bits per heavy atom. The Hall–Kier alpha value is -2.41. The molecule has 0 unspecified atom stereocenters. The van der Waals surface area contributed by atoms with Gasteiger partial charge in [0.1, 0.15) is 5.69 Å². The highest BCUT2D eigenvalue weighted by Crippen LogP contribution is 2.32. The van der Waals surface area contributed by atoms with Crippen LogP contribution in [-0.2, 0) is 13.0 Å². The van der Waals surface area contributed by atoms with Gasteiger partial charge in [0.05, 0.1) is 4.92 Å². The Labute approximate surface area is 143 Å². The minimum atomic E-state index is -0.422. The molecule has 0 spiro atoms. The summed E-state index contributed by atoms with van der Waals surface area (Å²) in [5.74, 6) is -0.145. The highest BCUT2D eigenvalue weighted by molar-refractivity contribution is 7.10. The van der Waals surface area contributed by atoms with Crippen molar-refractivity contribution < 1.29 is 9.72 Å². The molecule has 6 nitrogen and oxygen atoms in total. The van der Waals surface area contributed by atoms with E-state index in [-0.39, 0.29) is 11.6 Å². The molecule has 0 bridgehead atoms. The molecule has 1 aromatic carbocycles. The normalized spacial score (nSPS) is 16.6. The smallest absolute Gasteiger partial charge is 0.293 e. The molecule has 0 radical (unpaired) electrons. The first-order valence-electron chi connectivity index (χ1n) is 8.01. The average molecular weight is 343 g/mol. The Morgan fingerprint density at radius 1 is 1.33 bits per heavy atom. The molecule has 1 aliphatic heterocycles. The van der Waals surface area contributed by atoms with Crippen LogP contribution in [-0.4, -0.2) is 28.3 Å². The van der Waals surface area contributed by atoms with Crippen molar-refractivity contribution in [2.45, 2.75) is 31.8 Å². The second-order valence-corrected chi connectivity index (χ2v) is 7.25. The molecular formula is C17H17N3O3S. The van der Waals surface area contributed by atoms with Crippen molar-refractivity contribution >= 4 is 28.6 Å². The molecule has 1 aliphatic carbocycles. The van der Waals surface area contributed by atoms with E-state index < -0.39 is 4.92 Å². The lowest BCUT2D eigenvalue weighted by atomic mass is 10.1. The fourth-order valence-corrected chi connectivity index (χ4v) is 3.88. The highest BCUT2D eigenvalue weighted by Gasteiger charge is 2.27. The van der Waals surface area contributed by atoms with Gasteiger partial charge in [-0.3, -0.25) is 14.9 Å². The summed E-state index contributed by atoms with van der Waals surface area (Å²) < 4.78 is 0. The van der Waals surface area contributed by atoms with Crippen LogP contribution in [0, 0.1) is 10.1 Å². The van der Waals surface area contributed by atoms with Gasteiger partial charge in [-0.2, -0.15) is 0 Å². The molecule has 1 fully saturated rings. The minimum Gasteiger partial charge on any atom is -0.377 e. The largest absolute Gasteiger partial charge is 0.377 e. The van der Waals surface area contributed by atoms with E-state index in [1.54, 1.807) is 28.4 Å². The van der Waals surface area contributed by atoms with Crippen molar-refractivity contribution in [3.63, 3.8) is 0 Å². The number of fused-ring (bicyclic) bond motifs is 1. The molecule has 0 saturated heterocycles. The maximum atomic E-state index is 12.7. The fourth-order valence-electron chi connectivity index (χ4n) is 2.99. The number of nitrogens with one attached hydrogen (secondary N) is 1. The number of benzene rings is 1. The van der Waals surface area contributed by atoms with Crippen LogP contribution in [0.25, 0.3) is 0 Å². The van der Waals surface area contributed by atoms with Crippen LogP contribution in [0.15, 0.2) is 29.6 Å². The van der Waals surface area contributed by atoms with Gasteiger partial charge in [-0.05, 0) is 48.4 Å². The van der Waals surface area contributed by atoms with Crippen molar-refractivity contribution in [3.05, 3.63) is 55.8 Å². The SMILES string of the molecule is O=C(c1ccc(NC2CC2)c([N+](=O)[O-])c1)N1CCc2sccc2C1. The maximum Gasteiger partial charge on any atom is 0.293 e. The summed E-state index contributed by atoms with van der Waals surface area (Å²) in [6.07, 6.45) is 2.92. The predicted octanol–water partition coefficient (Wildman–Crippen LogP) is 3.43. The molecule has 7 heteroatoms. The number of nitrogens with zero attached hydrogens (tertiary/aromatic N) is 2. The molecular weight excluding hydrogens is 326 g/mol. The van der Waals surface area contributed by atoms with Gasteiger partial charge in [0.25, 0.3) is 11.6 Å². The van der Waals surface area contributed by atoms with Crippen molar-refractivity contribution in [1.29, 1.82) is 0 Å². The van der Waals surface area contributed by atoms with Crippen molar-refractivity contribution in [3.8, 4) is 0 Å². The molecule has 0 atom stereocenters. The zero-order chi connectivity index (χ0) is 16.7. The van der Waals surface area contributed by atoms with Crippen LogP contribution < -0.4 is 5.32 Å². The second kappa shape index (κ2) is 5.90. The van der Waals surface area contributed by atoms with Gasteiger partial charge >= 0.3 is 0 Å². The van der Waals surface area contributed by atoms with Crippen LogP contribution in [0.4, 0.5) is 11.4 Å². The zero-order valence-corrected chi connectivity index (χ0v) is 13.8. The van der Waals surface area contributed by atoms with Gasteiger partial charge in [0.15, 0.2) is 0 Å². The van der Waals surface area contributed by atoms with Gasteiger partial charge in [0, 0.05) is 35.6 Å². The van der Waals surface area contributed by atoms with E-state index in [1.165, 1.54) is 16.5 Å². The second-order valence-electron chi connectivity index (χ2n) is 6.25. The quantitative estimate of drug-likeness (QED) is 0.682. The summed E-state index contributed by atoms with van der Waals surface area (Å²) in [6.45, 7) is 1.23. The first-order valence-corrected chi connectivity index (χ1v) is 8.89. The molecule has 2 heterocycles. The maximum absolute atomic E-state index is 12.7. The number of carbonyl (C=O) groups excluding carboxylic acids is 1. The van der Waals surface area contributed by atoms with E-state index in [0.29, 0.717) is 30.4 Å². The molecule has 24 heavy (non-hydrogen) atoms. The van der Waals surface area contributed by atoms with E-state index in [9.17, 15) is 14.9 Å². The number of hydrogen-bond acceptors (Lipinski definition) is 5. The van der Waals surface area contributed by atoms with Gasteiger partial charge < -0.3 is 10.2 Å². The fraction of sp³-hybridized carbons (Fsp3) is 0.353. The lowest BCUT2D eigenvalue weighted by Gasteiger charge is -2.27. The van der Waals surface area contributed by atoms with E-state index in [4.69, 9.17) is 0 Å². The lowest BCUT2D eigenvalue weighted by Crippen LogP contribution is -2.35. The van der Waals surface area contributed by atoms with Crippen molar-refractivity contribution in [2.75, 3.05) is 11.9 Å². The molecule has 1 amide bonds. The number of nitro groups is 1. The number of rotatable bonds is 4. The minimum absolute atomic E-state index is 0.0269. The summed E-state index contributed by atoms with van der Waals surface area (Å²) in [6, 6.07) is 7.11. The number of amides is 1. The summed E-state index contributed by atoms with van der Waals surface area (Å²) in [4.78, 5) is 26.8. The number of carbonyl (C=O) groups is 1. The first kappa shape index (κ1) is 15.1. The summed E-state index contributed by atoms with van der Waals surface area (Å²) in [7, 11) is 0. The third-order valence-electron chi connectivity index (χ3n) is 4.47. The van der Waals surface area contributed by atoms with E-state index in [0.717, 1.165) is 19.3 Å². The molecule has 1 N–H and O–H groups in total. The predicted molar refractivity (Wildman–Crippen MR) is 92.5 cm³/mol. The Morgan fingerprint density at radius 2 is 2.17 bits per heavy atom.